The van der Waals surface area contributed by atoms with Crippen LogP contribution in [0.2, 0.25) is 0 Å². The predicted molar refractivity (Wildman–Crippen MR) is 47.8 cm³/mol. The number of hydrogen-bond acceptors (Lipinski definition) is 3. The van der Waals surface area contributed by atoms with E-state index in [0.29, 0.717) is 19.8 Å². The lowest BCUT2D eigenvalue weighted by atomic mass is 10.6. The minimum absolute atomic E-state index is 0.377. The van der Waals surface area contributed by atoms with Gasteiger partial charge in [0.05, 0.1) is 13.2 Å². The summed E-state index contributed by atoms with van der Waals surface area (Å²) in [6.07, 6.45) is 1.46. The van der Waals surface area contributed by atoms with Crippen molar-refractivity contribution in [3.63, 3.8) is 0 Å². The highest BCUT2D eigenvalue weighted by molar-refractivity contribution is 4.82. The molecule has 0 spiro atoms. The van der Waals surface area contributed by atoms with E-state index in [1.54, 1.807) is 0 Å². The molecule has 1 aromatic rings. The quantitative estimate of drug-likeness (QED) is 0.646. The molecule has 0 saturated heterocycles. The van der Waals surface area contributed by atoms with Crippen LogP contribution in [0, 0.1) is 0 Å². The van der Waals surface area contributed by atoms with E-state index >= 15 is 0 Å². The zero-order valence-corrected chi connectivity index (χ0v) is 7.45. The fourth-order valence-electron chi connectivity index (χ4n) is 0.928. The van der Waals surface area contributed by atoms with E-state index in [4.69, 9.17) is 4.74 Å². The van der Waals surface area contributed by atoms with Crippen molar-refractivity contribution in [1.29, 1.82) is 0 Å². The van der Waals surface area contributed by atoms with Crippen LogP contribution in [0.4, 0.5) is 0 Å². The van der Waals surface area contributed by atoms with Gasteiger partial charge in [0.2, 0.25) is 0 Å². The first-order valence-electron chi connectivity index (χ1n) is 4.11. The van der Waals surface area contributed by atoms with Crippen LogP contribution >= 0.6 is 0 Å². The fraction of sp³-hybridized carbons (Fsp3) is 0.500. The first kappa shape index (κ1) is 9.73. The van der Waals surface area contributed by atoms with Gasteiger partial charge in [0, 0.05) is 18.9 Å². The molecule has 0 amide bonds. The van der Waals surface area contributed by atoms with E-state index in [1.165, 1.54) is 16.8 Å². The largest absolute Gasteiger partial charge is 0.380 e. The molecule has 1 heterocycles. The lowest BCUT2D eigenvalue weighted by Gasteiger charge is -2.03. The van der Waals surface area contributed by atoms with Crippen molar-refractivity contribution in [3.05, 3.63) is 33.1 Å². The molecule has 72 valence electrons. The lowest BCUT2D eigenvalue weighted by Crippen LogP contribution is -2.29. The average molecular weight is 184 g/mol. The molecule has 1 aromatic heterocycles. The summed E-state index contributed by atoms with van der Waals surface area (Å²) < 4.78 is 6.47. The molecule has 0 unspecified atom stereocenters. The molecule has 5 nitrogen and oxygen atoms in total. The van der Waals surface area contributed by atoms with Gasteiger partial charge in [-0.15, -0.1) is 0 Å². The third-order valence-corrected chi connectivity index (χ3v) is 1.58. The van der Waals surface area contributed by atoms with Crippen LogP contribution in [0.1, 0.15) is 6.92 Å². The number of nitrogens with one attached hydrogen (secondary N) is 1. The lowest BCUT2D eigenvalue weighted by molar-refractivity contribution is 0.138. The van der Waals surface area contributed by atoms with E-state index in [2.05, 4.69) is 4.98 Å². The Balaban J connectivity index is 2.67. The summed E-state index contributed by atoms with van der Waals surface area (Å²) in [7, 11) is 0. The second kappa shape index (κ2) is 4.61. The van der Waals surface area contributed by atoms with Gasteiger partial charge in [-0.2, -0.15) is 0 Å². The second-order valence-electron chi connectivity index (χ2n) is 2.50. The Morgan fingerprint density at radius 2 is 2.31 bits per heavy atom. The number of aromatic nitrogens is 2. The Kier molecular flexibility index (Phi) is 3.45. The van der Waals surface area contributed by atoms with Crippen molar-refractivity contribution >= 4 is 0 Å². The summed E-state index contributed by atoms with van der Waals surface area (Å²) in [5.74, 6) is 0. The van der Waals surface area contributed by atoms with Crippen LogP contribution in [0.5, 0.6) is 0 Å². The molecule has 0 saturated carbocycles. The SMILES string of the molecule is CCOCCn1ccc(=O)[nH]c1=O. The molecule has 0 aliphatic rings. The van der Waals surface area contributed by atoms with Crippen molar-refractivity contribution in [2.75, 3.05) is 13.2 Å². The molecule has 5 heteroatoms. The molecule has 0 aromatic carbocycles. The summed E-state index contributed by atoms with van der Waals surface area (Å²) in [6, 6.07) is 1.31. The number of hydrogen-bond donors (Lipinski definition) is 1. The number of nitrogens with zero attached hydrogens (tertiary/aromatic N) is 1. The Morgan fingerprint density at radius 3 is 2.92 bits per heavy atom. The van der Waals surface area contributed by atoms with Crippen LogP contribution < -0.4 is 11.2 Å². The molecule has 0 aliphatic carbocycles. The zero-order chi connectivity index (χ0) is 9.68. The Bertz CT molecular complexity index is 366. The summed E-state index contributed by atoms with van der Waals surface area (Å²) in [6.45, 7) is 3.44. The molecular weight excluding hydrogens is 172 g/mol. The molecule has 0 fully saturated rings. The minimum Gasteiger partial charge on any atom is -0.380 e. The van der Waals surface area contributed by atoms with Crippen LogP contribution in [-0.2, 0) is 11.3 Å². The normalized spacial score (nSPS) is 10.2. The van der Waals surface area contributed by atoms with Gasteiger partial charge in [-0.25, -0.2) is 4.79 Å². The Hall–Kier alpha value is -1.36. The highest BCUT2D eigenvalue weighted by atomic mass is 16.5. The highest BCUT2D eigenvalue weighted by Gasteiger charge is 1.94. The monoisotopic (exact) mass is 184 g/mol. The van der Waals surface area contributed by atoms with Gasteiger partial charge in [-0.1, -0.05) is 0 Å². The second-order valence-corrected chi connectivity index (χ2v) is 2.50. The minimum atomic E-state index is -0.396. The fourth-order valence-corrected chi connectivity index (χ4v) is 0.928. The topological polar surface area (TPSA) is 64.1 Å². The smallest absolute Gasteiger partial charge is 0.328 e. The molecule has 1 N–H and O–H groups in total. The molecule has 0 radical (unpaired) electrons. The highest BCUT2D eigenvalue weighted by Crippen LogP contribution is 1.79. The van der Waals surface area contributed by atoms with Gasteiger partial charge in [0.15, 0.2) is 0 Å². The van der Waals surface area contributed by atoms with Crippen molar-refractivity contribution in [2.45, 2.75) is 13.5 Å². The third kappa shape index (κ3) is 2.87. The van der Waals surface area contributed by atoms with Crippen LogP contribution in [0.15, 0.2) is 21.9 Å². The Morgan fingerprint density at radius 1 is 1.54 bits per heavy atom. The number of H-pyrrole nitrogens is 1. The number of aromatic amines is 1. The van der Waals surface area contributed by atoms with E-state index in [-0.39, 0.29) is 5.56 Å². The first-order chi connectivity index (χ1) is 6.24. The van der Waals surface area contributed by atoms with Crippen molar-refractivity contribution < 1.29 is 4.74 Å². The van der Waals surface area contributed by atoms with Crippen molar-refractivity contribution in [2.24, 2.45) is 0 Å². The number of rotatable bonds is 4. The molecule has 0 aliphatic heterocycles. The standard InChI is InChI=1S/C8H12N2O3/c1-2-13-6-5-10-4-3-7(11)9-8(10)12/h3-4H,2,5-6H2,1H3,(H,9,11,12). The van der Waals surface area contributed by atoms with Crippen LogP contribution in [-0.4, -0.2) is 22.8 Å². The summed E-state index contributed by atoms with van der Waals surface area (Å²) in [4.78, 5) is 23.9. The van der Waals surface area contributed by atoms with Gasteiger partial charge in [-0.05, 0) is 6.92 Å². The zero-order valence-electron chi connectivity index (χ0n) is 7.45. The van der Waals surface area contributed by atoms with Crippen molar-refractivity contribution in [1.82, 2.24) is 9.55 Å². The van der Waals surface area contributed by atoms with Crippen LogP contribution in [0.25, 0.3) is 0 Å². The molecular formula is C8H12N2O3. The van der Waals surface area contributed by atoms with Gasteiger partial charge in [0.1, 0.15) is 0 Å². The molecule has 0 atom stereocenters. The summed E-state index contributed by atoms with van der Waals surface area (Å²) >= 11 is 0. The van der Waals surface area contributed by atoms with E-state index in [0.717, 1.165) is 0 Å². The maximum Gasteiger partial charge on any atom is 0.328 e. The molecule has 0 bridgehead atoms. The number of ether oxygens (including phenoxy) is 1. The van der Waals surface area contributed by atoms with E-state index in [1.807, 2.05) is 6.92 Å². The maximum absolute atomic E-state index is 11.1. The maximum atomic E-state index is 11.1. The van der Waals surface area contributed by atoms with Crippen molar-refractivity contribution in [3.8, 4) is 0 Å². The third-order valence-electron chi connectivity index (χ3n) is 1.58. The first-order valence-corrected chi connectivity index (χ1v) is 4.11. The Labute approximate surface area is 75.0 Å². The van der Waals surface area contributed by atoms with Gasteiger partial charge < -0.3 is 4.74 Å². The van der Waals surface area contributed by atoms with E-state index < -0.39 is 5.69 Å². The molecule has 1 rings (SSSR count). The van der Waals surface area contributed by atoms with E-state index in [9.17, 15) is 9.59 Å². The molecule has 13 heavy (non-hydrogen) atoms. The van der Waals surface area contributed by atoms with Gasteiger partial charge in [-0.3, -0.25) is 14.3 Å². The van der Waals surface area contributed by atoms with Crippen LogP contribution in [0.3, 0.4) is 0 Å². The summed E-state index contributed by atoms with van der Waals surface area (Å²) in [5, 5.41) is 0. The predicted octanol–water partition coefficient (Wildman–Crippen LogP) is -0.427. The average Bonchev–Trinajstić information content (AvgIpc) is 2.09. The van der Waals surface area contributed by atoms with Gasteiger partial charge >= 0.3 is 5.69 Å². The van der Waals surface area contributed by atoms with Gasteiger partial charge in [0.25, 0.3) is 5.56 Å². The summed E-state index contributed by atoms with van der Waals surface area (Å²) in [5.41, 5.74) is -0.773.